The van der Waals surface area contributed by atoms with Gasteiger partial charge in [-0.1, -0.05) is 6.07 Å². The van der Waals surface area contributed by atoms with Crippen molar-refractivity contribution >= 4 is 11.6 Å². The summed E-state index contributed by atoms with van der Waals surface area (Å²) in [7, 11) is 2.26. The molecule has 4 nitrogen and oxygen atoms in total. The van der Waals surface area contributed by atoms with Crippen LogP contribution in [0.2, 0.25) is 0 Å². The molecule has 2 fully saturated rings. The van der Waals surface area contributed by atoms with Gasteiger partial charge in [-0.15, -0.1) is 0 Å². The first-order valence-corrected chi connectivity index (χ1v) is 8.04. The van der Waals surface area contributed by atoms with Gasteiger partial charge in [0.1, 0.15) is 0 Å². The number of anilines is 1. The highest BCUT2D eigenvalue weighted by Gasteiger charge is 2.38. The Morgan fingerprint density at radius 3 is 2.67 bits per heavy atom. The van der Waals surface area contributed by atoms with Gasteiger partial charge in [-0.3, -0.25) is 4.79 Å². The van der Waals surface area contributed by atoms with Gasteiger partial charge < -0.3 is 15.5 Å². The van der Waals surface area contributed by atoms with E-state index < -0.39 is 0 Å². The monoisotopic (exact) mass is 287 g/mol. The zero-order chi connectivity index (χ0) is 14.8. The van der Waals surface area contributed by atoms with E-state index in [1.165, 1.54) is 25.7 Å². The van der Waals surface area contributed by atoms with Crippen LogP contribution in [0.1, 0.15) is 43.0 Å². The van der Waals surface area contributed by atoms with E-state index in [9.17, 15) is 4.79 Å². The number of piperidine rings is 1. The molecule has 1 aromatic rings. The molecule has 2 bridgehead atoms. The number of amides is 1. The molecule has 2 saturated heterocycles. The molecular formula is C17H25N3O. The average Bonchev–Trinajstić information content (AvgIpc) is 2.70. The van der Waals surface area contributed by atoms with Crippen LogP contribution in [0, 0.1) is 0 Å². The van der Waals surface area contributed by atoms with E-state index in [-0.39, 0.29) is 5.91 Å². The molecule has 2 heterocycles. The first-order valence-electron chi connectivity index (χ1n) is 8.04. The highest BCUT2D eigenvalue weighted by atomic mass is 16.1. The lowest BCUT2D eigenvalue weighted by Gasteiger charge is -2.37. The molecule has 21 heavy (non-hydrogen) atoms. The smallest absolute Gasteiger partial charge is 0.251 e. The van der Waals surface area contributed by atoms with Crippen LogP contribution in [-0.2, 0) is 0 Å². The van der Waals surface area contributed by atoms with Gasteiger partial charge in [-0.25, -0.2) is 0 Å². The molecule has 114 valence electrons. The van der Waals surface area contributed by atoms with Crippen molar-refractivity contribution in [3.8, 4) is 0 Å². The lowest BCUT2D eigenvalue weighted by molar-refractivity contribution is 0.0956. The molecule has 2 aliphatic heterocycles. The van der Waals surface area contributed by atoms with Crippen molar-refractivity contribution in [2.75, 3.05) is 18.9 Å². The summed E-state index contributed by atoms with van der Waals surface area (Å²) in [6.45, 7) is 2.60. The van der Waals surface area contributed by atoms with Crippen molar-refractivity contribution in [2.24, 2.45) is 0 Å². The zero-order valence-electron chi connectivity index (χ0n) is 12.9. The normalized spacial score (nSPS) is 28.4. The molecule has 2 atom stereocenters. The minimum Gasteiger partial charge on any atom is -0.382 e. The molecule has 0 aliphatic carbocycles. The van der Waals surface area contributed by atoms with Crippen LogP contribution in [0.5, 0.6) is 0 Å². The second-order valence-electron chi connectivity index (χ2n) is 6.30. The van der Waals surface area contributed by atoms with Gasteiger partial charge in [0.05, 0.1) is 0 Å². The number of nitrogens with one attached hydrogen (secondary N) is 2. The number of nitrogens with zero attached hydrogens (tertiary/aromatic N) is 1. The third kappa shape index (κ3) is 3.05. The molecule has 0 radical (unpaired) electrons. The van der Waals surface area contributed by atoms with Crippen LogP contribution in [0.15, 0.2) is 24.3 Å². The largest absolute Gasteiger partial charge is 0.382 e. The van der Waals surface area contributed by atoms with E-state index in [1.54, 1.807) is 0 Å². The highest BCUT2D eigenvalue weighted by molar-refractivity contribution is 5.95. The van der Waals surface area contributed by atoms with E-state index in [0.717, 1.165) is 23.3 Å². The predicted octanol–water partition coefficient (Wildman–Crippen LogP) is 2.47. The minimum atomic E-state index is 0.00426. The van der Waals surface area contributed by atoms with Crippen molar-refractivity contribution in [2.45, 2.75) is 50.7 Å². The quantitative estimate of drug-likeness (QED) is 0.894. The summed E-state index contributed by atoms with van der Waals surface area (Å²) in [5, 5.41) is 6.48. The summed E-state index contributed by atoms with van der Waals surface area (Å²) >= 11 is 0. The van der Waals surface area contributed by atoms with Crippen molar-refractivity contribution in [1.29, 1.82) is 0 Å². The number of rotatable bonds is 4. The van der Waals surface area contributed by atoms with E-state index in [4.69, 9.17) is 0 Å². The van der Waals surface area contributed by atoms with Gasteiger partial charge >= 0.3 is 0 Å². The third-order valence-corrected chi connectivity index (χ3v) is 4.93. The highest BCUT2D eigenvalue weighted by Crippen LogP contribution is 2.35. The fourth-order valence-corrected chi connectivity index (χ4v) is 3.78. The Labute approximate surface area is 126 Å². The Balaban J connectivity index is 1.66. The molecule has 0 aromatic heterocycles. The number of benzene rings is 1. The van der Waals surface area contributed by atoms with Gasteiger partial charge in [0.25, 0.3) is 5.91 Å². The SMILES string of the molecule is CCNC(=O)c1cccc(NC2CC3CCC(C2)N3C)c1. The van der Waals surface area contributed by atoms with Gasteiger partial charge in [0.2, 0.25) is 0 Å². The maximum atomic E-state index is 11.9. The maximum Gasteiger partial charge on any atom is 0.251 e. The summed E-state index contributed by atoms with van der Waals surface area (Å²) in [4.78, 5) is 14.4. The van der Waals surface area contributed by atoms with E-state index in [1.807, 2.05) is 25.1 Å². The van der Waals surface area contributed by atoms with Crippen LogP contribution in [0.25, 0.3) is 0 Å². The Morgan fingerprint density at radius 2 is 2.00 bits per heavy atom. The number of hydrogen-bond acceptors (Lipinski definition) is 3. The summed E-state index contributed by atoms with van der Waals surface area (Å²) in [5.41, 5.74) is 1.80. The van der Waals surface area contributed by atoms with Crippen LogP contribution in [-0.4, -0.2) is 42.5 Å². The second kappa shape index (κ2) is 6.06. The fraction of sp³-hybridized carbons (Fsp3) is 0.588. The van der Waals surface area contributed by atoms with Crippen LogP contribution >= 0.6 is 0 Å². The number of carbonyl (C=O) groups excluding carboxylic acids is 1. The summed E-state index contributed by atoms with van der Waals surface area (Å²) in [5.74, 6) is 0.00426. The lowest BCUT2D eigenvalue weighted by atomic mass is 9.97. The molecule has 1 aromatic carbocycles. The molecule has 2 N–H and O–H groups in total. The molecule has 4 heteroatoms. The Bertz CT molecular complexity index is 503. The second-order valence-corrected chi connectivity index (χ2v) is 6.30. The third-order valence-electron chi connectivity index (χ3n) is 4.93. The lowest BCUT2D eigenvalue weighted by Crippen LogP contribution is -2.44. The molecule has 1 amide bonds. The Hall–Kier alpha value is -1.55. The van der Waals surface area contributed by atoms with Crippen molar-refractivity contribution in [1.82, 2.24) is 10.2 Å². The zero-order valence-corrected chi connectivity index (χ0v) is 12.9. The topological polar surface area (TPSA) is 44.4 Å². The first-order chi connectivity index (χ1) is 10.2. The van der Waals surface area contributed by atoms with Crippen LogP contribution in [0.3, 0.4) is 0 Å². The van der Waals surface area contributed by atoms with E-state index in [2.05, 4.69) is 28.6 Å². The first kappa shape index (κ1) is 14.4. The van der Waals surface area contributed by atoms with E-state index in [0.29, 0.717) is 12.6 Å². The van der Waals surface area contributed by atoms with Gasteiger partial charge in [-0.2, -0.15) is 0 Å². The number of fused-ring (bicyclic) bond motifs is 2. The minimum absolute atomic E-state index is 0.00426. The van der Waals surface area contributed by atoms with Crippen LogP contribution < -0.4 is 10.6 Å². The molecule has 2 aliphatic rings. The molecule has 2 unspecified atom stereocenters. The van der Waals surface area contributed by atoms with Gasteiger partial charge in [0, 0.05) is 35.9 Å². The van der Waals surface area contributed by atoms with Gasteiger partial charge in [-0.05, 0) is 57.9 Å². The fourth-order valence-electron chi connectivity index (χ4n) is 3.78. The summed E-state index contributed by atoms with van der Waals surface area (Å²) < 4.78 is 0. The average molecular weight is 287 g/mol. The van der Waals surface area contributed by atoms with Crippen molar-refractivity contribution in [3.05, 3.63) is 29.8 Å². The molecule has 0 spiro atoms. The molecule has 0 saturated carbocycles. The van der Waals surface area contributed by atoms with Crippen molar-refractivity contribution < 1.29 is 4.79 Å². The standard InChI is InChI=1S/C17H25N3O/c1-3-18-17(21)12-5-4-6-13(9-12)19-14-10-15-7-8-16(11-14)20(15)2/h4-6,9,14-16,19H,3,7-8,10-11H2,1-2H3,(H,18,21). The maximum absolute atomic E-state index is 11.9. The summed E-state index contributed by atoms with van der Waals surface area (Å²) in [6, 6.07) is 9.84. The molecule has 3 rings (SSSR count). The van der Waals surface area contributed by atoms with Crippen molar-refractivity contribution in [3.63, 3.8) is 0 Å². The van der Waals surface area contributed by atoms with Gasteiger partial charge in [0.15, 0.2) is 0 Å². The summed E-state index contributed by atoms with van der Waals surface area (Å²) in [6.07, 6.45) is 5.08. The number of hydrogen-bond donors (Lipinski definition) is 2. The Kier molecular flexibility index (Phi) is 4.15. The molecular weight excluding hydrogens is 262 g/mol. The Morgan fingerprint density at radius 1 is 1.29 bits per heavy atom. The predicted molar refractivity (Wildman–Crippen MR) is 85.7 cm³/mol. The van der Waals surface area contributed by atoms with E-state index >= 15 is 0 Å². The number of carbonyl (C=O) groups is 1. The van der Waals surface area contributed by atoms with Crippen LogP contribution in [0.4, 0.5) is 5.69 Å².